The number of sulfonamides is 1. The highest BCUT2D eigenvalue weighted by molar-refractivity contribution is 7.89. The Labute approximate surface area is 179 Å². The average Bonchev–Trinajstić information content (AvgIpc) is 2.73. The molecule has 0 bridgehead atoms. The minimum absolute atomic E-state index is 0.0115. The fourth-order valence-corrected chi connectivity index (χ4v) is 5.75. The molecule has 30 heavy (non-hydrogen) atoms. The van der Waals surface area contributed by atoms with Crippen molar-refractivity contribution in [3.05, 3.63) is 30.1 Å². The predicted octanol–water partition coefficient (Wildman–Crippen LogP) is 1.46. The van der Waals surface area contributed by atoms with E-state index in [9.17, 15) is 17.6 Å². The van der Waals surface area contributed by atoms with E-state index in [2.05, 4.69) is 11.9 Å². The van der Waals surface area contributed by atoms with Crippen LogP contribution in [0.1, 0.15) is 25.7 Å². The number of rotatable bonds is 7. The van der Waals surface area contributed by atoms with E-state index in [0.717, 1.165) is 25.6 Å². The molecule has 1 aromatic rings. The summed E-state index contributed by atoms with van der Waals surface area (Å²) >= 11 is 0. The zero-order valence-electron chi connectivity index (χ0n) is 18.0. The topological polar surface area (TPSA) is 64.2 Å². The molecule has 0 aliphatic carbocycles. The quantitative estimate of drug-likeness (QED) is 0.643. The van der Waals surface area contributed by atoms with Crippen molar-refractivity contribution in [1.29, 1.82) is 0 Å². The van der Waals surface area contributed by atoms with Crippen LogP contribution in [-0.2, 0) is 14.8 Å². The highest BCUT2D eigenvalue weighted by Crippen LogP contribution is 2.21. The number of piperazine rings is 1. The lowest BCUT2D eigenvalue weighted by molar-refractivity contribution is -0.133. The molecule has 1 amide bonds. The first kappa shape index (κ1) is 23.1. The van der Waals surface area contributed by atoms with Crippen molar-refractivity contribution in [2.24, 2.45) is 0 Å². The molecule has 1 unspecified atom stereocenters. The van der Waals surface area contributed by atoms with Gasteiger partial charge >= 0.3 is 0 Å². The predicted molar refractivity (Wildman–Crippen MR) is 114 cm³/mol. The third-order valence-electron chi connectivity index (χ3n) is 6.22. The Kier molecular flexibility index (Phi) is 7.84. The van der Waals surface area contributed by atoms with Crippen LogP contribution in [-0.4, -0.2) is 99.3 Å². The number of carbonyl (C=O) groups is 1. The molecule has 3 rings (SSSR count). The lowest BCUT2D eigenvalue weighted by Gasteiger charge is -2.35. The Morgan fingerprint density at radius 3 is 2.50 bits per heavy atom. The van der Waals surface area contributed by atoms with Crippen LogP contribution >= 0.6 is 0 Å². The first-order valence-electron chi connectivity index (χ1n) is 10.7. The molecule has 0 N–H and O–H groups in total. The Bertz CT molecular complexity index is 827. The molecule has 2 heterocycles. The van der Waals surface area contributed by atoms with Gasteiger partial charge in [0.15, 0.2) is 0 Å². The first-order chi connectivity index (χ1) is 14.3. The van der Waals surface area contributed by atoms with Crippen molar-refractivity contribution in [3.8, 4) is 0 Å². The summed E-state index contributed by atoms with van der Waals surface area (Å²) in [6, 6.07) is 5.99. The van der Waals surface area contributed by atoms with Gasteiger partial charge in [0.1, 0.15) is 10.7 Å². The molecule has 1 atom stereocenters. The standard InChI is InChI=1S/C21H33FN4O3S/c1-23(12-10-18-7-5-6-11-24(18)2)17-21(27)25-13-15-26(16-14-25)30(28,29)20-9-4-3-8-19(20)22/h3-4,8-9,18H,5-7,10-17H2,1-2H3. The minimum atomic E-state index is -3.89. The van der Waals surface area contributed by atoms with Crippen LogP contribution in [0, 0.1) is 5.82 Å². The Morgan fingerprint density at radius 1 is 1.13 bits per heavy atom. The van der Waals surface area contributed by atoms with Crippen LogP contribution in [0.25, 0.3) is 0 Å². The second-order valence-electron chi connectivity index (χ2n) is 8.37. The summed E-state index contributed by atoms with van der Waals surface area (Å²) in [6.45, 7) is 3.35. The molecule has 0 saturated carbocycles. The molecule has 2 aliphatic heterocycles. The Hall–Kier alpha value is -1.55. The largest absolute Gasteiger partial charge is 0.339 e. The fourth-order valence-electron chi connectivity index (χ4n) is 4.26. The summed E-state index contributed by atoms with van der Waals surface area (Å²) in [5, 5.41) is 0. The minimum Gasteiger partial charge on any atom is -0.339 e. The lowest BCUT2D eigenvalue weighted by atomic mass is 10.00. The van der Waals surface area contributed by atoms with Gasteiger partial charge in [-0.05, 0) is 58.6 Å². The van der Waals surface area contributed by atoms with E-state index in [1.165, 1.54) is 41.8 Å². The van der Waals surface area contributed by atoms with E-state index in [1.807, 2.05) is 11.9 Å². The van der Waals surface area contributed by atoms with Crippen molar-refractivity contribution in [2.45, 2.75) is 36.6 Å². The van der Waals surface area contributed by atoms with Gasteiger partial charge in [-0.3, -0.25) is 9.69 Å². The fraction of sp³-hybridized carbons (Fsp3) is 0.667. The average molecular weight is 441 g/mol. The van der Waals surface area contributed by atoms with Crippen LogP contribution < -0.4 is 0 Å². The molecule has 168 valence electrons. The van der Waals surface area contributed by atoms with E-state index >= 15 is 0 Å². The maximum absolute atomic E-state index is 13.9. The van der Waals surface area contributed by atoms with Crippen molar-refractivity contribution in [3.63, 3.8) is 0 Å². The Morgan fingerprint density at radius 2 is 1.83 bits per heavy atom. The number of halogens is 1. The van der Waals surface area contributed by atoms with E-state index in [1.54, 1.807) is 4.90 Å². The molecule has 0 radical (unpaired) electrons. The van der Waals surface area contributed by atoms with Gasteiger partial charge in [-0.1, -0.05) is 18.6 Å². The van der Waals surface area contributed by atoms with Gasteiger partial charge in [0.2, 0.25) is 15.9 Å². The van der Waals surface area contributed by atoms with Gasteiger partial charge in [-0.2, -0.15) is 4.31 Å². The highest BCUT2D eigenvalue weighted by Gasteiger charge is 2.32. The molecule has 2 saturated heterocycles. The van der Waals surface area contributed by atoms with Gasteiger partial charge in [-0.15, -0.1) is 0 Å². The van der Waals surface area contributed by atoms with Crippen LogP contribution in [0.5, 0.6) is 0 Å². The Balaban J connectivity index is 1.46. The summed E-state index contributed by atoms with van der Waals surface area (Å²) < 4.78 is 40.6. The van der Waals surface area contributed by atoms with Gasteiger partial charge in [0.05, 0.1) is 6.54 Å². The van der Waals surface area contributed by atoms with Crippen LogP contribution in [0.2, 0.25) is 0 Å². The van der Waals surface area contributed by atoms with Crippen LogP contribution in [0.3, 0.4) is 0 Å². The molecule has 0 aromatic heterocycles. The van der Waals surface area contributed by atoms with E-state index in [0.29, 0.717) is 25.7 Å². The smallest absolute Gasteiger partial charge is 0.246 e. The molecule has 2 fully saturated rings. The normalized spacial score (nSPS) is 21.9. The summed E-state index contributed by atoms with van der Waals surface area (Å²) in [6.07, 6.45) is 4.81. The van der Waals surface area contributed by atoms with Crippen molar-refractivity contribution < 1.29 is 17.6 Å². The van der Waals surface area contributed by atoms with Crippen LogP contribution in [0.15, 0.2) is 29.2 Å². The van der Waals surface area contributed by atoms with E-state index in [4.69, 9.17) is 0 Å². The summed E-state index contributed by atoms with van der Waals surface area (Å²) in [4.78, 5) is 18.5. The monoisotopic (exact) mass is 440 g/mol. The molecule has 7 nitrogen and oxygen atoms in total. The highest BCUT2D eigenvalue weighted by atomic mass is 32.2. The molecular weight excluding hydrogens is 407 g/mol. The number of nitrogens with zero attached hydrogens (tertiary/aromatic N) is 4. The van der Waals surface area contributed by atoms with Crippen molar-refractivity contribution >= 4 is 15.9 Å². The number of hydrogen-bond acceptors (Lipinski definition) is 5. The SMILES string of the molecule is CN(CCC1CCCCN1C)CC(=O)N1CCN(S(=O)(=O)c2ccccc2F)CC1. The zero-order chi connectivity index (χ0) is 21.7. The third kappa shape index (κ3) is 5.57. The van der Waals surface area contributed by atoms with Crippen molar-refractivity contribution in [1.82, 2.24) is 19.0 Å². The number of hydrogen-bond donors (Lipinski definition) is 0. The second kappa shape index (κ2) is 10.2. The van der Waals surface area contributed by atoms with E-state index < -0.39 is 15.8 Å². The summed E-state index contributed by atoms with van der Waals surface area (Å²) in [5.41, 5.74) is 0. The number of amides is 1. The zero-order valence-corrected chi connectivity index (χ0v) is 18.8. The van der Waals surface area contributed by atoms with Gasteiger partial charge in [0.25, 0.3) is 0 Å². The number of benzene rings is 1. The molecule has 2 aliphatic rings. The molecule has 1 aromatic carbocycles. The lowest BCUT2D eigenvalue weighted by Crippen LogP contribution is -2.52. The maximum Gasteiger partial charge on any atom is 0.246 e. The van der Waals surface area contributed by atoms with Gasteiger partial charge in [0, 0.05) is 32.2 Å². The maximum atomic E-state index is 13.9. The van der Waals surface area contributed by atoms with Gasteiger partial charge < -0.3 is 9.80 Å². The number of likely N-dealkylation sites (tertiary alicyclic amines) is 1. The van der Waals surface area contributed by atoms with Gasteiger partial charge in [-0.25, -0.2) is 12.8 Å². The number of likely N-dealkylation sites (N-methyl/N-ethyl adjacent to an activating group) is 1. The second-order valence-corrected chi connectivity index (χ2v) is 10.3. The third-order valence-corrected chi connectivity index (χ3v) is 8.15. The summed E-state index contributed by atoms with van der Waals surface area (Å²) in [5.74, 6) is -0.737. The summed E-state index contributed by atoms with van der Waals surface area (Å²) in [7, 11) is 0.243. The first-order valence-corrected chi connectivity index (χ1v) is 12.1. The number of carbonyl (C=O) groups excluding carboxylic acids is 1. The molecule has 9 heteroatoms. The molecule has 0 spiro atoms. The molecular formula is C21H33FN4O3S. The van der Waals surface area contributed by atoms with Crippen molar-refractivity contribution in [2.75, 3.05) is 59.9 Å². The van der Waals surface area contributed by atoms with E-state index in [-0.39, 0.29) is 23.9 Å². The van der Waals surface area contributed by atoms with Crippen LogP contribution in [0.4, 0.5) is 4.39 Å². The number of piperidine rings is 1.